The van der Waals surface area contributed by atoms with Crippen LogP contribution in [0.5, 0.6) is 11.5 Å². The maximum Gasteiger partial charge on any atom is 0.129 e. The first-order valence-electron chi connectivity index (χ1n) is 5.57. The molecule has 0 fully saturated rings. The maximum atomic E-state index is 9.75. The summed E-state index contributed by atoms with van der Waals surface area (Å²) in [6.07, 6.45) is 0. The van der Waals surface area contributed by atoms with Crippen LogP contribution in [0.3, 0.4) is 0 Å². The number of phenolic OH excluding ortho intramolecular Hbond substituents is 2. The molecule has 98 valence electrons. The number of nitrogens with one attached hydrogen (secondary N) is 1. The fraction of sp³-hybridized carbons (Fsp3) is 0.0714. The van der Waals surface area contributed by atoms with Gasteiger partial charge < -0.3 is 15.5 Å². The molecule has 0 aliphatic rings. The summed E-state index contributed by atoms with van der Waals surface area (Å²) >= 11 is 11.3. The third-order valence-electron chi connectivity index (χ3n) is 2.74. The largest absolute Gasteiger partial charge is 0.508 e. The van der Waals surface area contributed by atoms with E-state index in [9.17, 15) is 10.2 Å². The highest BCUT2D eigenvalue weighted by atomic mass is 35.5. The van der Waals surface area contributed by atoms with Gasteiger partial charge in [-0.2, -0.15) is 0 Å². The number of thiocarbonyl (C=S) groups is 1. The Bertz CT molecular complexity index is 643. The minimum atomic E-state index is -0.0721. The monoisotopic (exact) mass is 293 g/mol. The van der Waals surface area contributed by atoms with Crippen molar-refractivity contribution in [1.29, 1.82) is 0 Å². The number of benzene rings is 2. The van der Waals surface area contributed by atoms with Gasteiger partial charge in [-0.1, -0.05) is 29.9 Å². The highest BCUT2D eigenvalue weighted by Gasteiger charge is 2.10. The summed E-state index contributed by atoms with van der Waals surface area (Å²) < 4.78 is 0. The van der Waals surface area contributed by atoms with Gasteiger partial charge in [-0.15, -0.1) is 0 Å². The van der Waals surface area contributed by atoms with Crippen molar-refractivity contribution in [1.82, 2.24) is 0 Å². The van der Waals surface area contributed by atoms with E-state index < -0.39 is 0 Å². The zero-order valence-corrected chi connectivity index (χ0v) is 11.7. The van der Waals surface area contributed by atoms with Gasteiger partial charge in [0.2, 0.25) is 0 Å². The van der Waals surface area contributed by atoms with Crippen molar-refractivity contribution in [2.24, 2.45) is 0 Å². The van der Waals surface area contributed by atoms with E-state index in [-0.39, 0.29) is 11.5 Å². The van der Waals surface area contributed by atoms with Crippen molar-refractivity contribution in [2.75, 3.05) is 5.32 Å². The molecular weight excluding hydrogens is 282 g/mol. The molecule has 2 aromatic rings. The van der Waals surface area contributed by atoms with Crippen LogP contribution in [0.2, 0.25) is 5.02 Å². The van der Waals surface area contributed by atoms with E-state index in [0.29, 0.717) is 15.6 Å². The molecule has 0 atom stereocenters. The third kappa shape index (κ3) is 2.97. The molecule has 0 amide bonds. The summed E-state index contributed by atoms with van der Waals surface area (Å²) in [6.45, 7) is 1.88. The molecule has 0 saturated heterocycles. The Kier molecular flexibility index (Phi) is 3.93. The van der Waals surface area contributed by atoms with Gasteiger partial charge in [-0.05, 0) is 36.8 Å². The smallest absolute Gasteiger partial charge is 0.129 e. The first-order valence-corrected chi connectivity index (χ1v) is 6.36. The van der Waals surface area contributed by atoms with E-state index in [0.717, 1.165) is 11.3 Å². The number of hydrogen-bond donors (Lipinski definition) is 3. The second-order valence-electron chi connectivity index (χ2n) is 4.07. The quantitative estimate of drug-likeness (QED) is 0.736. The van der Waals surface area contributed by atoms with Crippen LogP contribution >= 0.6 is 23.8 Å². The van der Waals surface area contributed by atoms with Gasteiger partial charge in [-0.25, -0.2) is 0 Å². The van der Waals surface area contributed by atoms with Gasteiger partial charge in [0.15, 0.2) is 0 Å². The normalized spacial score (nSPS) is 10.2. The van der Waals surface area contributed by atoms with Crippen LogP contribution in [0.4, 0.5) is 5.69 Å². The van der Waals surface area contributed by atoms with Crippen LogP contribution in [-0.4, -0.2) is 15.2 Å². The van der Waals surface area contributed by atoms with E-state index in [1.165, 1.54) is 12.1 Å². The van der Waals surface area contributed by atoms with Gasteiger partial charge in [-0.3, -0.25) is 0 Å². The lowest BCUT2D eigenvalue weighted by Gasteiger charge is -2.12. The lowest BCUT2D eigenvalue weighted by Crippen LogP contribution is -2.11. The number of halogens is 1. The Hall–Kier alpha value is -1.78. The van der Waals surface area contributed by atoms with Gasteiger partial charge >= 0.3 is 0 Å². The molecule has 0 unspecified atom stereocenters. The minimum Gasteiger partial charge on any atom is -0.508 e. The van der Waals surface area contributed by atoms with E-state index in [2.05, 4.69) is 5.32 Å². The first-order chi connectivity index (χ1) is 8.99. The predicted octanol–water partition coefficient (Wildman–Crippen LogP) is 3.85. The Balaban J connectivity index is 2.28. The van der Waals surface area contributed by atoms with Crippen molar-refractivity contribution < 1.29 is 10.2 Å². The number of anilines is 1. The number of aromatic hydroxyl groups is 2. The summed E-state index contributed by atoms with van der Waals surface area (Å²) in [5.41, 5.74) is 2.11. The zero-order chi connectivity index (χ0) is 14.0. The lowest BCUT2D eigenvalue weighted by molar-refractivity contribution is 0.450. The summed E-state index contributed by atoms with van der Waals surface area (Å²) in [5.74, 6) is -0.0832. The summed E-state index contributed by atoms with van der Waals surface area (Å²) in [7, 11) is 0. The van der Waals surface area contributed by atoms with Gasteiger partial charge in [0.25, 0.3) is 0 Å². The molecule has 0 heterocycles. The minimum absolute atomic E-state index is 0.0111. The van der Waals surface area contributed by atoms with Crippen molar-refractivity contribution in [2.45, 2.75) is 6.92 Å². The highest BCUT2D eigenvalue weighted by molar-refractivity contribution is 7.81. The number of rotatable bonds is 2. The lowest BCUT2D eigenvalue weighted by atomic mass is 10.1. The zero-order valence-electron chi connectivity index (χ0n) is 10.1. The van der Waals surface area contributed by atoms with Gasteiger partial charge in [0.05, 0.1) is 5.56 Å². The Morgan fingerprint density at radius 1 is 1.21 bits per heavy atom. The predicted molar refractivity (Wildman–Crippen MR) is 81.3 cm³/mol. The second-order valence-corrected chi connectivity index (χ2v) is 4.88. The third-order valence-corrected chi connectivity index (χ3v) is 3.47. The van der Waals surface area contributed by atoms with Crippen LogP contribution in [0.1, 0.15) is 11.1 Å². The fourth-order valence-electron chi connectivity index (χ4n) is 1.64. The summed E-state index contributed by atoms with van der Waals surface area (Å²) in [5, 5.41) is 22.7. The molecule has 0 aromatic heterocycles. The van der Waals surface area contributed by atoms with Gasteiger partial charge in [0, 0.05) is 16.8 Å². The van der Waals surface area contributed by atoms with Crippen molar-refractivity contribution in [3.05, 3.63) is 52.5 Å². The molecular formula is C14H12ClNO2S. The van der Waals surface area contributed by atoms with Crippen LogP contribution in [0, 0.1) is 6.92 Å². The van der Waals surface area contributed by atoms with Crippen molar-refractivity contribution >= 4 is 34.5 Å². The van der Waals surface area contributed by atoms with E-state index in [1.54, 1.807) is 12.1 Å². The molecule has 2 rings (SSSR count). The topological polar surface area (TPSA) is 52.5 Å². The van der Waals surface area contributed by atoms with Crippen molar-refractivity contribution in [3.8, 4) is 11.5 Å². The molecule has 3 N–H and O–H groups in total. The average Bonchev–Trinajstić information content (AvgIpc) is 2.34. The second kappa shape index (κ2) is 5.47. The molecule has 19 heavy (non-hydrogen) atoms. The molecule has 3 nitrogen and oxygen atoms in total. The van der Waals surface area contributed by atoms with Crippen LogP contribution < -0.4 is 5.32 Å². The van der Waals surface area contributed by atoms with E-state index in [1.807, 2.05) is 19.1 Å². The summed E-state index contributed by atoms with van der Waals surface area (Å²) in [6, 6.07) is 9.73. The van der Waals surface area contributed by atoms with Crippen LogP contribution in [0.15, 0.2) is 36.4 Å². The average molecular weight is 294 g/mol. The molecule has 5 heteroatoms. The Morgan fingerprint density at radius 2 is 1.95 bits per heavy atom. The Morgan fingerprint density at radius 3 is 2.63 bits per heavy atom. The van der Waals surface area contributed by atoms with Crippen molar-refractivity contribution in [3.63, 3.8) is 0 Å². The summed E-state index contributed by atoms with van der Waals surface area (Å²) in [4.78, 5) is 0.364. The Labute approximate surface area is 121 Å². The number of phenols is 2. The van der Waals surface area contributed by atoms with E-state index >= 15 is 0 Å². The molecule has 0 saturated carbocycles. The molecule has 2 aromatic carbocycles. The SMILES string of the molecule is Cc1c(Cl)cccc1NC(=S)c1ccc(O)cc1O. The molecule has 0 aliphatic carbocycles. The molecule has 0 aliphatic heterocycles. The highest BCUT2D eigenvalue weighted by Crippen LogP contribution is 2.27. The van der Waals surface area contributed by atoms with Crippen LogP contribution in [-0.2, 0) is 0 Å². The number of hydrogen-bond acceptors (Lipinski definition) is 3. The van der Waals surface area contributed by atoms with Crippen LogP contribution in [0.25, 0.3) is 0 Å². The first kappa shape index (κ1) is 13.6. The molecule has 0 bridgehead atoms. The standard InChI is InChI=1S/C14H12ClNO2S/c1-8-11(15)3-2-4-12(8)16-14(19)10-6-5-9(17)7-13(10)18/h2-7,17-18H,1H3,(H,16,19). The maximum absolute atomic E-state index is 9.75. The van der Waals surface area contributed by atoms with Gasteiger partial charge in [0.1, 0.15) is 16.5 Å². The van der Waals surface area contributed by atoms with E-state index in [4.69, 9.17) is 23.8 Å². The fourth-order valence-corrected chi connectivity index (χ4v) is 2.10. The molecule has 0 spiro atoms. The molecule has 0 radical (unpaired) electrons.